The fourth-order valence-corrected chi connectivity index (χ4v) is 5.27. The molecule has 2 atom stereocenters. The van der Waals surface area contributed by atoms with E-state index in [1.807, 2.05) is 44.2 Å². The number of benzene rings is 3. The van der Waals surface area contributed by atoms with Crippen molar-refractivity contribution >= 4 is 27.7 Å². The molecule has 0 radical (unpaired) electrons. The van der Waals surface area contributed by atoms with Crippen LogP contribution in [-0.2, 0) is 13.0 Å². The number of amides is 2. The van der Waals surface area contributed by atoms with Crippen molar-refractivity contribution in [3.63, 3.8) is 0 Å². The van der Waals surface area contributed by atoms with E-state index in [2.05, 4.69) is 21.2 Å². The van der Waals surface area contributed by atoms with E-state index in [0.717, 1.165) is 24.0 Å². The summed E-state index contributed by atoms with van der Waals surface area (Å²) in [5, 5.41) is 14.8. The van der Waals surface area contributed by atoms with E-state index in [0.29, 0.717) is 41.7 Å². The molecule has 39 heavy (non-hydrogen) atoms. The highest BCUT2D eigenvalue weighted by Crippen LogP contribution is 2.32. The number of primary amides is 1. The smallest absolute Gasteiger partial charge is 0.254 e. The van der Waals surface area contributed by atoms with Gasteiger partial charge in [0.15, 0.2) is 0 Å². The van der Waals surface area contributed by atoms with Crippen LogP contribution in [0.25, 0.3) is 0 Å². The molecule has 0 spiro atoms. The summed E-state index contributed by atoms with van der Waals surface area (Å²) in [5.74, 6) is -1.76. The van der Waals surface area contributed by atoms with Gasteiger partial charge in [-0.1, -0.05) is 56.3 Å². The number of aliphatic hydroxyl groups excluding tert-OH is 1. The summed E-state index contributed by atoms with van der Waals surface area (Å²) < 4.78 is 14.0. The van der Waals surface area contributed by atoms with Crippen molar-refractivity contribution < 1.29 is 19.1 Å². The van der Waals surface area contributed by atoms with Crippen LogP contribution < -0.4 is 11.1 Å². The Morgan fingerprint density at radius 1 is 0.974 bits per heavy atom. The summed E-state index contributed by atoms with van der Waals surface area (Å²) in [6.45, 7) is 5.80. The van der Waals surface area contributed by atoms with E-state index in [1.165, 1.54) is 6.07 Å². The molecule has 8 heteroatoms. The highest BCUT2D eigenvalue weighted by atomic mass is 79.9. The first-order valence-corrected chi connectivity index (χ1v) is 14.1. The Hall–Kier alpha value is -3.07. The van der Waals surface area contributed by atoms with Crippen molar-refractivity contribution in [3.8, 4) is 0 Å². The molecule has 0 bridgehead atoms. The zero-order valence-corrected chi connectivity index (χ0v) is 24.1. The van der Waals surface area contributed by atoms with Gasteiger partial charge in [-0.05, 0) is 76.1 Å². The van der Waals surface area contributed by atoms with Crippen LogP contribution in [0.3, 0.4) is 0 Å². The molecule has 3 aromatic carbocycles. The second-order valence-corrected chi connectivity index (χ2v) is 10.5. The number of carbonyl (C=O) groups excluding carboxylic acids is 2. The second-order valence-electron chi connectivity index (χ2n) is 9.67. The Bertz CT molecular complexity index is 1250. The summed E-state index contributed by atoms with van der Waals surface area (Å²) in [7, 11) is 0. The van der Waals surface area contributed by atoms with Crippen LogP contribution in [0, 0.1) is 5.82 Å². The molecule has 0 unspecified atom stereocenters. The Balaban J connectivity index is 2.00. The molecule has 3 rings (SSSR count). The normalized spacial score (nSPS) is 12.6. The van der Waals surface area contributed by atoms with Crippen molar-refractivity contribution in [2.75, 3.05) is 19.6 Å². The average molecular weight is 599 g/mol. The van der Waals surface area contributed by atoms with Gasteiger partial charge < -0.3 is 21.1 Å². The number of carbonyl (C=O) groups is 2. The third-order valence-electron chi connectivity index (χ3n) is 6.68. The maximum absolute atomic E-state index is 13.8. The van der Waals surface area contributed by atoms with Gasteiger partial charge in [-0.25, -0.2) is 4.39 Å². The van der Waals surface area contributed by atoms with E-state index in [4.69, 9.17) is 5.73 Å². The van der Waals surface area contributed by atoms with Gasteiger partial charge in [-0.3, -0.25) is 9.59 Å². The molecule has 0 saturated heterocycles. The SMILES string of the molecule is CCCN(CCC)C(=O)c1cccc(C(N)=O)c1[C@H](Cc1ccccc1)[C@@H](O)CNCc1ccc(F)c(Br)c1. The molecule has 208 valence electrons. The predicted octanol–water partition coefficient (Wildman–Crippen LogP) is 5.43. The van der Waals surface area contributed by atoms with Gasteiger partial charge >= 0.3 is 0 Å². The van der Waals surface area contributed by atoms with Gasteiger partial charge in [0, 0.05) is 43.2 Å². The average Bonchev–Trinajstić information content (AvgIpc) is 2.93. The molecule has 4 N–H and O–H groups in total. The van der Waals surface area contributed by atoms with E-state index in [1.54, 1.807) is 35.2 Å². The number of rotatable bonds is 14. The van der Waals surface area contributed by atoms with Gasteiger partial charge in [-0.15, -0.1) is 0 Å². The zero-order valence-electron chi connectivity index (χ0n) is 22.5. The highest BCUT2D eigenvalue weighted by Gasteiger charge is 2.31. The minimum absolute atomic E-state index is 0.175. The monoisotopic (exact) mass is 597 g/mol. The van der Waals surface area contributed by atoms with Gasteiger partial charge in [0.1, 0.15) is 5.82 Å². The summed E-state index contributed by atoms with van der Waals surface area (Å²) in [6, 6.07) is 19.4. The number of hydrogen-bond acceptors (Lipinski definition) is 4. The largest absolute Gasteiger partial charge is 0.391 e. The number of halogens is 2. The Morgan fingerprint density at radius 3 is 2.26 bits per heavy atom. The van der Waals surface area contributed by atoms with Crippen LogP contribution in [0.15, 0.2) is 71.2 Å². The molecule has 0 aliphatic heterocycles. The first-order valence-electron chi connectivity index (χ1n) is 13.3. The number of nitrogens with zero attached hydrogens (tertiary/aromatic N) is 1. The standard InChI is InChI=1S/C31H37BrFN3O3/c1-3-15-36(16-4-2)31(39)24-12-8-11-23(30(34)38)29(24)25(17-21-9-6-5-7-10-21)28(37)20-35-19-22-13-14-27(33)26(32)18-22/h5-14,18,25,28,35,37H,3-4,15-17,19-20H2,1-2H3,(H2,34,38)/t25-,28+/m1/s1. The Labute approximate surface area is 238 Å². The fourth-order valence-electron chi connectivity index (χ4n) is 4.85. The van der Waals surface area contributed by atoms with E-state index >= 15 is 0 Å². The third kappa shape index (κ3) is 8.21. The molecule has 0 aromatic heterocycles. The van der Waals surface area contributed by atoms with E-state index in [9.17, 15) is 19.1 Å². The molecule has 2 amide bonds. The molecule has 0 aliphatic carbocycles. The maximum atomic E-state index is 13.8. The van der Waals surface area contributed by atoms with Crippen molar-refractivity contribution in [3.05, 3.63) is 105 Å². The molecule has 0 fully saturated rings. The number of nitrogens with two attached hydrogens (primary N) is 1. The van der Waals surface area contributed by atoms with Crippen LogP contribution in [0.2, 0.25) is 0 Å². The van der Waals surface area contributed by atoms with Crippen LogP contribution in [0.4, 0.5) is 4.39 Å². The van der Waals surface area contributed by atoms with Gasteiger partial charge in [0.25, 0.3) is 5.91 Å². The molecule has 0 saturated carbocycles. The summed E-state index contributed by atoms with van der Waals surface area (Å²) >= 11 is 3.20. The number of aliphatic hydroxyl groups is 1. The summed E-state index contributed by atoms with van der Waals surface area (Å²) in [6.07, 6.45) is 1.05. The number of hydrogen-bond donors (Lipinski definition) is 3. The molecular weight excluding hydrogens is 561 g/mol. The molecule has 0 aliphatic rings. The van der Waals surface area contributed by atoms with Crippen molar-refractivity contribution in [2.45, 2.75) is 51.7 Å². The maximum Gasteiger partial charge on any atom is 0.254 e. The van der Waals surface area contributed by atoms with Crippen LogP contribution >= 0.6 is 15.9 Å². The lowest BCUT2D eigenvalue weighted by Gasteiger charge is -2.29. The molecule has 3 aromatic rings. The Kier molecular flexibility index (Phi) is 11.7. The lowest BCUT2D eigenvalue weighted by atomic mass is 9.81. The third-order valence-corrected chi connectivity index (χ3v) is 7.28. The first-order chi connectivity index (χ1) is 18.8. The van der Waals surface area contributed by atoms with E-state index in [-0.39, 0.29) is 23.8 Å². The van der Waals surface area contributed by atoms with Crippen molar-refractivity contribution in [2.24, 2.45) is 5.73 Å². The predicted molar refractivity (Wildman–Crippen MR) is 156 cm³/mol. The minimum Gasteiger partial charge on any atom is -0.391 e. The summed E-state index contributed by atoms with van der Waals surface area (Å²) in [4.78, 5) is 28.2. The zero-order chi connectivity index (χ0) is 28.4. The van der Waals surface area contributed by atoms with Crippen molar-refractivity contribution in [1.82, 2.24) is 10.2 Å². The van der Waals surface area contributed by atoms with Crippen molar-refractivity contribution in [1.29, 1.82) is 0 Å². The van der Waals surface area contributed by atoms with Crippen LogP contribution in [-0.4, -0.2) is 47.6 Å². The topological polar surface area (TPSA) is 95.7 Å². The Morgan fingerprint density at radius 2 is 1.64 bits per heavy atom. The molecule has 6 nitrogen and oxygen atoms in total. The molecule has 0 heterocycles. The van der Waals surface area contributed by atoms with Gasteiger partial charge in [0.05, 0.1) is 10.6 Å². The van der Waals surface area contributed by atoms with Crippen LogP contribution in [0.5, 0.6) is 0 Å². The first kappa shape index (κ1) is 30.5. The number of nitrogens with one attached hydrogen (secondary N) is 1. The molecular formula is C31H37BrFN3O3. The van der Waals surface area contributed by atoms with Gasteiger partial charge in [0.2, 0.25) is 5.91 Å². The lowest BCUT2D eigenvalue weighted by Crippen LogP contribution is -2.37. The quantitative estimate of drug-likeness (QED) is 0.231. The highest BCUT2D eigenvalue weighted by molar-refractivity contribution is 9.10. The van der Waals surface area contributed by atoms with E-state index < -0.39 is 17.9 Å². The fraction of sp³-hybridized carbons (Fsp3) is 0.355. The van der Waals surface area contributed by atoms with Crippen LogP contribution in [0.1, 0.15) is 70.0 Å². The summed E-state index contributed by atoms with van der Waals surface area (Å²) in [5.41, 5.74) is 8.70. The lowest BCUT2D eigenvalue weighted by molar-refractivity contribution is 0.0751. The minimum atomic E-state index is -0.952. The van der Waals surface area contributed by atoms with Gasteiger partial charge in [-0.2, -0.15) is 0 Å². The second kappa shape index (κ2) is 14.9.